The van der Waals surface area contributed by atoms with Gasteiger partial charge in [-0.15, -0.1) is 0 Å². The second-order valence-electron chi connectivity index (χ2n) is 5.05. The van der Waals surface area contributed by atoms with E-state index in [1.165, 1.54) is 6.33 Å². The predicted molar refractivity (Wildman–Crippen MR) is 97.7 cm³/mol. The molecule has 3 aromatic rings. The smallest absolute Gasteiger partial charge is 0.274 e. The van der Waals surface area contributed by atoms with Crippen molar-refractivity contribution < 1.29 is 9.53 Å². The van der Waals surface area contributed by atoms with Gasteiger partial charge in [0.15, 0.2) is 0 Å². The summed E-state index contributed by atoms with van der Waals surface area (Å²) in [6.45, 7) is 0. The van der Waals surface area contributed by atoms with Gasteiger partial charge in [0.25, 0.3) is 5.91 Å². The molecule has 0 unspecified atom stereocenters. The largest absolute Gasteiger partial charge is 0.495 e. The minimum atomic E-state index is -0.376. The zero-order valence-electron chi connectivity index (χ0n) is 13.4. The SMILES string of the molecule is COc1ccccc1Nc1cc(C(=O)Nc2ccccc2Cl)ncn1. The number of amides is 1. The molecular formula is C18H15ClN4O2. The van der Waals surface area contributed by atoms with E-state index in [0.717, 1.165) is 5.69 Å². The quantitative estimate of drug-likeness (QED) is 0.720. The summed E-state index contributed by atoms with van der Waals surface area (Å²) < 4.78 is 5.29. The van der Waals surface area contributed by atoms with E-state index in [1.54, 1.807) is 37.4 Å². The van der Waals surface area contributed by atoms with Gasteiger partial charge < -0.3 is 15.4 Å². The van der Waals surface area contributed by atoms with Crippen LogP contribution < -0.4 is 15.4 Å². The number of carbonyl (C=O) groups excluding carboxylic acids is 1. The van der Waals surface area contributed by atoms with Crippen LogP contribution in [0.5, 0.6) is 5.75 Å². The van der Waals surface area contributed by atoms with Crippen LogP contribution in [0, 0.1) is 0 Å². The van der Waals surface area contributed by atoms with Crippen LogP contribution >= 0.6 is 11.6 Å². The Balaban J connectivity index is 1.79. The summed E-state index contributed by atoms with van der Waals surface area (Å²) in [5.41, 5.74) is 1.47. The highest BCUT2D eigenvalue weighted by Gasteiger charge is 2.11. The molecule has 0 aliphatic heterocycles. The summed E-state index contributed by atoms with van der Waals surface area (Å²) in [4.78, 5) is 20.5. The summed E-state index contributed by atoms with van der Waals surface area (Å²) in [5, 5.41) is 6.29. The Bertz CT molecular complexity index is 902. The van der Waals surface area contributed by atoms with Crippen molar-refractivity contribution in [3.63, 3.8) is 0 Å². The molecule has 0 spiro atoms. The predicted octanol–water partition coefficient (Wildman–Crippen LogP) is 4.13. The van der Waals surface area contributed by atoms with Crippen molar-refractivity contribution in [1.29, 1.82) is 0 Å². The highest BCUT2D eigenvalue weighted by molar-refractivity contribution is 6.33. The zero-order valence-corrected chi connectivity index (χ0v) is 14.1. The molecule has 1 amide bonds. The molecule has 0 saturated carbocycles. The molecule has 0 atom stereocenters. The molecule has 2 N–H and O–H groups in total. The first-order valence-corrected chi connectivity index (χ1v) is 7.83. The van der Waals surface area contributed by atoms with Crippen molar-refractivity contribution in [1.82, 2.24) is 9.97 Å². The molecule has 7 heteroatoms. The number of rotatable bonds is 5. The summed E-state index contributed by atoms with van der Waals surface area (Å²) >= 11 is 6.05. The Labute approximate surface area is 149 Å². The molecule has 2 aromatic carbocycles. The first kappa shape index (κ1) is 16.7. The van der Waals surface area contributed by atoms with Crippen LogP contribution in [-0.2, 0) is 0 Å². The molecule has 0 radical (unpaired) electrons. The number of anilines is 3. The first-order chi connectivity index (χ1) is 12.2. The number of para-hydroxylation sites is 3. The van der Waals surface area contributed by atoms with Crippen molar-refractivity contribution >= 4 is 34.7 Å². The first-order valence-electron chi connectivity index (χ1n) is 7.45. The Hall–Kier alpha value is -3.12. The topological polar surface area (TPSA) is 76.1 Å². The number of ether oxygens (including phenoxy) is 1. The second kappa shape index (κ2) is 7.63. The van der Waals surface area contributed by atoms with Gasteiger partial charge in [0, 0.05) is 6.07 Å². The number of nitrogens with zero attached hydrogens (tertiary/aromatic N) is 2. The van der Waals surface area contributed by atoms with E-state index in [0.29, 0.717) is 22.3 Å². The van der Waals surface area contributed by atoms with E-state index < -0.39 is 0 Å². The van der Waals surface area contributed by atoms with Gasteiger partial charge in [0.2, 0.25) is 0 Å². The van der Waals surface area contributed by atoms with Gasteiger partial charge in [-0.3, -0.25) is 4.79 Å². The number of methoxy groups -OCH3 is 1. The van der Waals surface area contributed by atoms with Crippen LogP contribution in [0.3, 0.4) is 0 Å². The normalized spacial score (nSPS) is 10.2. The average Bonchev–Trinajstić information content (AvgIpc) is 2.64. The van der Waals surface area contributed by atoms with Crippen molar-refractivity contribution in [3.05, 3.63) is 71.6 Å². The molecule has 0 fully saturated rings. The maximum absolute atomic E-state index is 12.4. The summed E-state index contributed by atoms with van der Waals surface area (Å²) in [7, 11) is 1.59. The highest BCUT2D eigenvalue weighted by Crippen LogP contribution is 2.26. The van der Waals surface area contributed by atoms with Crippen molar-refractivity contribution in [2.75, 3.05) is 17.7 Å². The number of aromatic nitrogens is 2. The maximum Gasteiger partial charge on any atom is 0.274 e. The van der Waals surface area contributed by atoms with E-state index in [9.17, 15) is 4.79 Å². The van der Waals surface area contributed by atoms with Gasteiger partial charge in [-0.05, 0) is 24.3 Å². The Kier molecular flexibility index (Phi) is 5.11. The molecule has 0 bridgehead atoms. The zero-order chi connectivity index (χ0) is 17.6. The van der Waals surface area contributed by atoms with Gasteiger partial charge in [-0.2, -0.15) is 0 Å². The Morgan fingerprint density at radius 1 is 1.04 bits per heavy atom. The van der Waals surface area contributed by atoms with Gasteiger partial charge in [-0.25, -0.2) is 9.97 Å². The number of carbonyl (C=O) groups is 1. The number of halogens is 1. The minimum absolute atomic E-state index is 0.215. The fourth-order valence-electron chi connectivity index (χ4n) is 2.18. The van der Waals surface area contributed by atoms with Crippen LogP contribution in [-0.4, -0.2) is 23.0 Å². The van der Waals surface area contributed by atoms with E-state index in [2.05, 4.69) is 20.6 Å². The Morgan fingerprint density at radius 2 is 1.76 bits per heavy atom. The third-order valence-electron chi connectivity index (χ3n) is 3.39. The van der Waals surface area contributed by atoms with Crippen LogP contribution in [0.15, 0.2) is 60.9 Å². The Morgan fingerprint density at radius 3 is 2.52 bits per heavy atom. The van der Waals surface area contributed by atoms with E-state index in [4.69, 9.17) is 16.3 Å². The number of nitrogens with one attached hydrogen (secondary N) is 2. The molecule has 126 valence electrons. The van der Waals surface area contributed by atoms with Crippen LogP contribution in [0.25, 0.3) is 0 Å². The lowest BCUT2D eigenvalue weighted by molar-refractivity contribution is 0.102. The summed E-state index contributed by atoms with van der Waals surface area (Å²) in [5.74, 6) is 0.769. The number of benzene rings is 2. The molecule has 3 rings (SSSR count). The third kappa shape index (κ3) is 4.05. The van der Waals surface area contributed by atoms with Gasteiger partial charge in [0.05, 0.1) is 23.5 Å². The lowest BCUT2D eigenvalue weighted by Gasteiger charge is -2.11. The fourth-order valence-corrected chi connectivity index (χ4v) is 2.37. The minimum Gasteiger partial charge on any atom is -0.495 e. The van der Waals surface area contributed by atoms with Crippen LogP contribution in [0.4, 0.5) is 17.2 Å². The van der Waals surface area contributed by atoms with Crippen molar-refractivity contribution in [3.8, 4) is 5.75 Å². The summed E-state index contributed by atoms with van der Waals surface area (Å²) in [6, 6.07) is 16.0. The lowest BCUT2D eigenvalue weighted by atomic mass is 10.2. The molecule has 1 aromatic heterocycles. The van der Waals surface area contributed by atoms with E-state index in [1.807, 2.05) is 24.3 Å². The standard InChI is InChI=1S/C18H15ClN4O2/c1-25-16-9-5-4-8-14(16)22-17-10-15(20-11-21-17)18(24)23-13-7-3-2-6-12(13)19/h2-11H,1H3,(H,23,24)(H,20,21,22). The number of hydrogen-bond acceptors (Lipinski definition) is 5. The number of hydrogen-bond donors (Lipinski definition) is 2. The molecule has 25 heavy (non-hydrogen) atoms. The third-order valence-corrected chi connectivity index (χ3v) is 3.72. The molecule has 0 aliphatic rings. The maximum atomic E-state index is 12.4. The summed E-state index contributed by atoms with van der Waals surface area (Å²) in [6.07, 6.45) is 1.32. The van der Waals surface area contributed by atoms with E-state index in [-0.39, 0.29) is 11.6 Å². The molecular weight excluding hydrogens is 340 g/mol. The molecule has 1 heterocycles. The lowest BCUT2D eigenvalue weighted by Crippen LogP contribution is -2.14. The van der Waals surface area contributed by atoms with Crippen LogP contribution in [0.2, 0.25) is 5.02 Å². The van der Waals surface area contributed by atoms with Gasteiger partial charge in [0.1, 0.15) is 23.6 Å². The molecule has 0 saturated heterocycles. The molecule has 6 nitrogen and oxygen atoms in total. The van der Waals surface area contributed by atoms with Crippen molar-refractivity contribution in [2.45, 2.75) is 0 Å². The fraction of sp³-hybridized carbons (Fsp3) is 0.0556. The van der Waals surface area contributed by atoms with Gasteiger partial charge in [-0.1, -0.05) is 35.9 Å². The van der Waals surface area contributed by atoms with E-state index >= 15 is 0 Å². The van der Waals surface area contributed by atoms with Crippen LogP contribution in [0.1, 0.15) is 10.5 Å². The second-order valence-corrected chi connectivity index (χ2v) is 5.45. The van der Waals surface area contributed by atoms with Crippen molar-refractivity contribution in [2.24, 2.45) is 0 Å². The average molecular weight is 355 g/mol. The molecule has 0 aliphatic carbocycles. The monoisotopic (exact) mass is 354 g/mol. The van der Waals surface area contributed by atoms with Gasteiger partial charge >= 0.3 is 0 Å². The highest BCUT2D eigenvalue weighted by atomic mass is 35.5.